The standard InChI is InChI=1S/C16H20F3N5/c1-3-24-12(8-13(21-24)16(17,18)19)15-10-7-9-5-4-6-11(20-9)14(10)22-23(15)2/h8-9,11,20H,3-7H2,1-2H3/t9-,11-/m1/s1. The van der Waals surface area contributed by atoms with E-state index in [0.717, 1.165) is 42.3 Å². The van der Waals surface area contributed by atoms with E-state index < -0.39 is 11.9 Å². The largest absolute Gasteiger partial charge is 0.435 e. The number of rotatable bonds is 2. The number of hydrogen-bond donors (Lipinski definition) is 1. The molecule has 1 N–H and O–H groups in total. The number of halogens is 3. The molecule has 130 valence electrons. The molecule has 0 saturated carbocycles. The molecule has 2 atom stereocenters. The van der Waals surface area contributed by atoms with E-state index >= 15 is 0 Å². The fourth-order valence-electron chi connectivity index (χ4n) is 4.02. The maximum Gasteiger partial charge on any atom is 0.435 e. The Hall–Kier alpha value is -1.83. The van der Waals surface area contributed by atoms with Crippen LogP contribution in [0, 0.1) is 0 Å². The molecule has 0 amide bonds. The van der Waals surface area contributed by atoms with Crippen molar-refractivity contribution < 1.29 is 13.2 Å². The number of hydrogen-bond acceptors (Lipinski definition) is 3. The number of aromatic nitrogens is 4. The zero-order valence-electron chi connectivity index (χ0n) is 13.7. The second-order valence-corrected chi connectivity index (χ2v) is 6.62. The predicted octanol–water partition coefficient (Wildman–Crippen LogP) is 3.06. The van der Waals surface area contributed by atoms with Gasteiger partial charge in [0.15, 0.2) is 5.69 Å². The first-order chi connectivity index (χ1) is 11.4. The summed E-state index contributed by atoms with van der Waals surface area (Å²) in [5.74, 6) is 0. The van der Waals surface area contributed by atoms with Crippen molar-refractivity contribution in [2.45, 2.75) is 57.4 Å². The van der Waals surface area contributed by atoms with Gasteiger partial charge in [-0.2, -0.15) is 23.4 Å². The van der Waals surface area contributed by atoms with Gasteiger partial charge in [-0.25, -0.2) is 0 Å². The summed E-state index contributed by atoms with van der Waals surface area (Å²) < 4.78 is 42.4. The summed E-state index contributed by atoms with van der Waals surface area (Å²) in [5, 5.41) is 12.0. The minimum absolute atomic E-state index is 0.215. The Labute approximate surface area is 137 Å². The summed E-state index contributed by atoms with van der Waals surface area (Å²) in [6.07, 6.45) is -0.332. The lowest BCUT2D eigenvalue weighted by Gasteiger charge is -2.35. The summed E-state index contributed by atoms with van der Waals surface area (Å²) in [5.41, 5.74) is 2.49. The van der Waals surface area contributed by atoms with Gasteiger partial charge in [0.2, 0.25) is 0 Å². The van der Waals surface area contributed by atoms with E-state index in [4.69, 9.17) is 0 Å². The molecule has 2 bridgehead atoms. The Morgan fingerprint density at radius 2 is 2.08 bits per heavy atom. The van der Waals surface area contributed by atoms with Gasteiger partial charge in [-0.3, -0.25) is 9.36 Å². The summed E-state index contributed by atoms with van der Waals surface area (Å²) >= 11 is 0. The highest BCUT2D eigenvalue weighted by atomic mass is 19.4. The number of fused-ring (bicyclic) bond motifs is 4. The van der Waals surface area contributed by atoms with Crippen molar-refractivity contribution in [3.05, 3.63) is 23.0 Å². The van der Waals surface area contributed by atoms with E-state index in [9.17, 15) is 13.2 Å². The third kappa shape index (κ3) is 2.35. The van der Waals surface area contributed by atoms with Gasteiger partial charge in [0.1, 0.15) is 0 Å². The minimum Gasteiger partial charge on any atom is -0.305 e. The van der Waals surface area contributed by atoms with Crippen LogP contribution in [0.1, 0.15) is 49.2 Å². The van der Waals surface area contributed by atoms with Crippen molar-refractivity contribution in [3.8, 4) is 11.4 Å². The maximum absolute atomic E-state index is 13.1. The van der Waals surface area contributed by atoms with Gasteiger partial charge < -0.3 is 5.32 Å². The van der Waals surface area contributed by atoms with Gasteiger partial charge >= 0.3 is 6.18 Å². The Morgan fingerprint density at radius 1 is 1.29 bits per heavy atom. The van der Waals surface area contributed by atoms with Gasteiger partial charge in [0.05, 0.1) is 23.1 Å². The zero-order valence-corrected chi connectivity index (χ0v) is 13.7. The van der Waals surface area contributed by atoms with Crippen LogP contribution in [-0.2, 0) is 26.2 Å². The quantitative estimate of drug-likeness (QED) is 0.915. The van der Waals surface area contributed by atoms with Crippen molar-refractivity contribution in [2.24, 2.45) is 7.05 Å². The second kappa shape index (κ2) is 5.34. The molecule has 2 aromatic heterocycles. The third-order valence-electron chi connectivity index (χ3n) is 5.05. The summed E-state index contributed by atoms with van der Waals surface area (Å²) in [6, 6.07) is 1.75. The highest BCUT2D eigenvalue weighted by molar-refractivity contribution is 5.63. The molecule has 0 radical (unpaired) electrons. The fraction of sp³-hybridized carbons (Fsp3) is 0.625. The predicted molar refractivity (Wildman–Crippen MR) is 82.3 cm³/mol. The summed E-state index contributed by atoms with van der Waals surface area (Å²) in [4.78, 5) is 0. The van der Waals surface area contributed by atoms with Crippen LogP contribution in [-0.4, -0.2) is 25.6 Å². The molecular formula is C16H20F3N5. The third-order valence-corrected chi connectivity index (χ3v) is 5.05. The normalized spacial score (nSPS) is 23.4. The Balaban J connectivity index is 1.86. The fourth-order valence-corrected chi connectivity index (χ4v) is 4.02. The number of nitrogens with zero attached hydrogens (tertiary/aromatic N) is 4. The molecule has 4 rings (SSSR count). The van der Waals surface area contributed by atoms with E-state index in [-0.39, 0.29) is 6.04 Å². The average Bonchev–Trinajstić information content (AvgIpc) is 3.08. The number of alkyl halides is 3. The van der Waals surface area contributed by atoms with E-state index in [2.05, 4.69) is 15.5 Å². The molecule has 0 aromatic carbocycles. The molecule has 2 aromatic rings. The van der Waals surface area contributed by atoms with Crippen LogP contribution in [0.4, 0.5) is 13.2 Å². The Kier molecular flexibility index (Phi) is 3.49. The van der Waals surface area contributed by atoms with Crippen LogP contribution in [0.2, 0.25) is 0 Å². The van der Waals surface area contributed by atoms with Crippen molar-refractivity contribution in [1.82, 2.24) is 24.9 Å². The first kappa shape index (κ1) is 15.7. The van der Waals surface area contributed by atoms with E-state index in [0.29, 0.717) is 18.3 Å². The molecule has 1 saturated heterocycles. The van der Waals surface area contributed by atoms with Gasteiger partial charge in [-0.1, -0.05) is 0 Å². The van der Waals surface area contributed by atoms with Crippen LogP contribution < -0.4 is 5.32 Å². The summed E-state index contributed by atoms with van der Waals surface area (Å²) in [7, 11) is 1.80. The average molecular weight is 339 g/mol. The van der Waals surface area contributed by atoms with Gasteiger partial charge in [0.25, 0.3) is 0 Å². The van der Waals surface area contributed by atoms with Crippen molar-refractivity contribution in [2.75, 3.05) is 0 Å². The van der Waals surface area contributed by atoms with E-state index in [1.807, 2.05) is 0 Å². The molecule has 0 spiro atoms. The smallest absolute Gasteiger partial charge is 0.305 e. The monoisotopic (exact) mass is 339 g/mol. The molecule has 8 heteroatoms. The van der Waals surface area contributed by atoms with Crippen molar-refractivity contribution in [3.63, 3.8) is 0 Å². The molecule has 2 aliphatic rings. The second-order valence-electron chi connectivity index (χ2n) is 6.62. The van der Waals surface area contributed by atoms with Crippen molar-refractivity contribution >= 4 is 0 Å². The minimum atomic E-state index is -4.44. The Bertz CT molecular complexity index is 774. The lowest BCUT2D eigenvalue weighted by atomic mass is 9.84. The highest BCUT2D eigenvalue weighted by Crippen LogP contribution is 2.40. The molecule has 0 unspecified atom stereocenters. The molecular weight excluding hydrogens is 319 g/mol. The first-order valence-corrected chi connectivity index (χ1v) is 8.35. The first-order valence-electron chi connectivity index (χ1n) is 8.35. The summed E-state index contributed by atoms with van der Waals surface area (Å²) in [6.45, 7) is 2.19. The van der Waals surface area contributed by atoms with Crippen LogP contribution in [0.3, 0.4) is 0 Å². The van der Waals surface area contributed by atoms with Crippen LogP contribution >= 0.6 is 0 Å². The van der Waals surface area contributed by atoms with Gasteiger partial charge in [0, 0.05) is 25.2 Å². The van der Waals surface area contributed by atoms with Crippen LogP contribution in [0.15, 0.2) is 6.07 Å². The molecule has 2 aliphatic heterocycles. The molecule has 5 nitrogen and oxygen atoms in total. The van der Waals surface area contributed by atoms with E-state index in [1.54, 1.807) is 18.7 Å². The zero-order chi connectivity index (χ0) is 17.1. The van der Waals surface area contributed by atoms with Gasteiger partial charge in [-0.05, 0) is 38.7 Å². The van der Waals surface area contributed by atoms with Crippen molar-refractivity contribution in [1.29, 1.82) is 0 Å². The molecule has 4 heterocycles. The van der Waals surface area contributed by atoms with Gasteiger partial charge in [-0.15, -0.1) is 0 Å². The van der Waals surface area contributed by atoms with Crippen LogP contribution in [0.25, 0.3) is 11.4 Å². The number of piperidine rings is 1. The highest BCUT2D eigenvalue weighted by Gasteiger charge is 2.38. The lowest BCUT2D eigenvalue weighted by molar-refractivity contribution is -0.141. The maximum atomic E-state index is 13.1. The molecule has 1 fully saturated rings. The lowest BCUT2D eigenvalue weighted by Crippen LogP contribution is -2.42. The SMILES string of the molecule is CCn1nc(C(F)(F)F)cc1-c1c2c(nn1C)[C@H]1CCC[C@H](C2)N1. The van der Waals surface area contributed by atoms with E-state index in [1.165, 1.54) is 11.1 Å². The molecule has 24 heavy (non-hydrogen) atoms. The number of nitrogens with one attached hydrogen (secondary N) is 1. The van der Waals surface area contributed by atoms with Crippen LogP contribution in [0.5, 0.6) is 0 Å². The molecule has 0 aliphatic carbocycles. The Morgan fingerprint density at radius 3 is 2.79 bits per heavy atom. The topological polar surface area (TPSA) is 47.7 Å². The number of aryl methyl sites for hydroxylation is 2.